The molecule has 0 saturated carbocycles. The molecule has 0 unspecified atom stereocenters. The molecule has 1 radical (unpaired) electrons. The van der Waals surface area contributed by atoms with Gasteiger partial charge in [0.1, 0.15) is 0 Å². The number of aliphatic hydroxyl groups excluding tert-OH is 1. The predicted octanol–water partition coefficient (Wildman–Crippen LogP) is 1.54. The summed E-state index contributed by atoms with van der Waals surface area (Å²) in [5.41, 5.74) is 0.914. The molecule has 0 bridgehead atoms. The molecule has 0 aliphatic rings. The molecule has 9 heavy (non-hydrogen) atoms. The van der Waals surface area contributed by atoms with Crippen molar-refractivity contribution in [1.29, 1.82) is 0 Å². The van der Waals surface area contributed by atoms with Crippen molar-refractivity contribution in [3.8, 4) is 0 Å². The van der Waals surface area contributed by atoms with Gasteiger partial charge in [-0.25, -0.2) is 0 Å². The Hall–Kier alpha value is -0.820. The zero-order valence-electron chi connectivity index (χ0n) is 5.33. The van der Waals surface area contributed by atoms with Crippen LogP contribution in [-0.2, 0) is 0 Å². The van der Waals surface area contributed by atoms with Gasteiger partial charge in [0.15, 0.2) is 0 Å². The van der Waals surface area contributed by atoms with Crippen LogP contribution >= 0.6 is 0 Å². The van der Waals surface area contributed by atoms with Gasteiger partial charge in [0.05, 0.1) is 6.10 Å². The van der Waals surface area contributed by atoms with E-state index in [0.29, 0.717) is 0 Å². The fourth-order valence-electron chi connectivity index (χ4n) is 0.667. The summed E-state index contributed by atoms with van der Waals surface area (Å²) in [5, 5.41) is 9.00. The van der Waals surface area contributed by atoms with Gasteiger partial charge in [-0.3, -0.25) is 0 Å². The van der Waals surface area contributed by atoms with Gasteiger partial charge < -0.3 is 5.11 Å². The van der Waals surface area contributed by atoms with E-state index in [1.54, 1.807) is 13.0 Å². The Labute approximate surface area is 55.0 Å². The summed E-state index contributed by atoms with van der Waals surface area (Å²) in [4.78, 5) is 0. The van der Waals surface area contributed by atoms with Gasteiger partial charge in [-0.1, -0.05) is 18.2 Å². The van der Waals surface area contributed by atoms with E-state index in [2.05, 4.69) is 6.07 Å². The summed E-state index contributed by atoms with van der Waals surface area (Å²) < 4.78 is 0. The molecule has 0 spiro atoms. The highest BCUT2D eigenvalue weighted by Crippen LogP contribution is 2.08. The van der Waals surface area contributed by atoms with E-state index in [1.165, 1.54) is 0 Å². The molecular formula is C8H9O. The molecule has 1 aromatic carbocycles. The van der Waals surface area contributed by atoms with Crippen molar-refractivity contribution in [1.82, 2.24) is 0 Å². The summed E-state index contributed by atoms with van der Waals surface area (Å²) >= 11 is 0. The van der Waals surface area contributed by atoms with Crippen LogP contribution in [0.3, 0.4) is 0 Å². The van der Waals surface area contributed by atoms with Crippen LogP contribution in [0.5, 0.6) is 0 Å². The lowest BCUT2D eigenvalue weighted by atomic mass is 10.1. The summed E-state index contributed by atoms with van der Waals surface area (Å²) in [7, 11) is 0. The van der Waals surface area contributed by atoms with Gasteiger partial charge in [0.2, 0.25) is 0 Å². The molecular weight excluding hydrogens is 112 g/mol. The summed E-state index contributed by atoms with van der Waals surface area (Å²) in [6.07, 6.45) is -0.373. The van der Waals surface area contributed by atoms with Crippen LogP contribution in [0.1, 0.15) is 18.6 Å². The second-order valence-corrected chi connectivity index (χ2v) is 2.01. The molecule has 1 heteroatoms. The van der Waals surface area contributed by atoms with Gasteiger partial charge in [-0.05, 0) is 24.6 Å². The van der Waals surface area contributed by atoms with E-state index in [4.69, 9.17) is 5.11 Å². The maximum Gasteiger partial charge on any atom is 0.0762 e. The number of hydrogen-bond donors (Lipinski definition) is 1. The van der Waals surface area contributed by atoms with Crippen LogP contribution in [0.4, 0.5) is 0 Å². The zero-order valence-corrected chi connectivity index (χ0v) is 5.33. The first kappa shape index (κ1) is 6.30. The van der Waals surface area contributed by atoms with E-state index >= 15 is 0 Å². The van der Waals surface area contributed by atoms with Gasteiger partial charge in [-0.2, -0.15) is 0 Å². The van der Waals surface area contributed by atoms with Crippen LogP contribution in [0.25, 0.3) is 0 Å². The number of benzene rings is 1. The first-order valence-corrected chi connectivity index (χ1v) is 2.95. The second-order valence-electron chi connectivity index (χ2n) is 2.01. The quantitative estimate of drug-likeness (QED) is 0.597. The molecule has 1 aromatic rings. The highest BCUT2D eigenvalue weighted by atomic mass is 16.3. The molecule has 0 saturated heterocycles. The molecule has 1 rings (SSSR count). The fraction of sp³-hybridized carbons (Fsp3) is 0.250. The van der Waals surface area contributed by atoms with Crippen molar-refractivity contribution in [2.24, 2.45) is 0 Å². The molecule has 0 aromatic heterocycles. The third-order valence-corrected chi connectivity index (χ3v) is 1.21. The first-order valence-electron chi connectivity index (χ1n) is 2.95. The lowest BCUT2D eigenvalue weighted by Crippen LogP contribution is -1.88. The SMILES string of the molecule is C[C@H](O)c1c[c]ccc1. The topological polar surface area (TPSA) is 20.2 Å². The number of aliphatic hydroxyl groups is 1. The largest absolute Gasteiger partial charge is 0.389 e. The molecule has 0 amide bonds. The van der Waals surface area contributed by atoms with Crippen molar-refractivity contribution >= 4 is 0 Å². The monoisotopic (exact) mass is 121 g/mol. The average molecular weight is 121 g/mol. The van der Waals surface area contributed by atoms with Crippen molar-refractivity contribution in [3.05, 3.63) is 35.9 Å². The highest BCUT2D eigenvalue weighted by molar-refractivity contribution is 5.15. The maximum absolute atomic E-state index is 9.00. The minimum atomic E-state index is -0.373. The molecule has 1 atom stereocenters. The number of hydrogen-bond acceptors (Lipinski definition) is 1. The first-order chi connectivity index (χ1) is 4.30. The zero-order chi connectivity index (χ0) is 6.69. The Bertz CT molecular complexity index is 167. The van der Waals surface area contributed by atoms with E-state index in [-0.39, 0.29) is 6.10 Å². The van der Waals surface area contributed by atoms with E-state index in [0.717, 1.165) is 5.56 Å². The van der Waals surface area contributed by atoms with Gasteiger partial charge in [0.25, 0.3) is 0 Å². The van der Waals surface area contributed by atoms with Crippen molar-refractivity contribution in [2.75, 3.05) is 0 Å². The van der Waals surface area contributed by atoms with Crippen molar-refractivity contribution in [3.63, 3.8) is 0 Å². The Kier molecular flexibility index (Phi) is 1.85. The van der Waals surface area contributed by atoms with Crippen molar-refractivity contribution in [2.45, 2.75) is 13.0 Å². The smallest absolute Gasteiger partial charge is 0.0762 e. The molecule has 1 nitrogen and oxygen atoms in total. The van der Waals surface area contributed by atoms with Crippen molar-refractivity contribution < 1.29 is 5.11 Å². The van der Waals surface area contributed by atoms with E-state index < -0.39 is 0 Å². The van der Waals surface area contributed by atoms with Crippen LogP contribution in [0.15, 0.2) is 24.3 Å². The standard InChI is InChI=1S/C8H9O/c1-7(9)8-5-3-2-4-6-8/h2-3,5-7,9H,1H3/t7-/m0/s1. The van der Waals surface area contributed by atoms with Crippen LogP contribution in [-0.4, -0.2) is 5.11 Å². The predicted molar refractivity (Wildman–Crippen MR) is 35.9 cm³/mol. The second kappa shape index (κ2) is 2.65. The Balaban J connectivity index is 2.85. The van der Waals surface area contributed by atoms with Gasteiger partial charge in [0, 0.05) is 0 Å². The minimum Gasteiger partial charge on any atom is -0.389 e. The molecule has 0 heterocycles. The Morgan fingerprint density at radius 2 is 2.44 bits per heavy atom. The third kappa shape index (κ3) is 1.54. The molecule has 0 aliphatic carbocycles. The van der Waals surface area contributed by atoms with Gasteiger partial charge in [-0.15, -0.1) is 0 Å². The molecule has 47 valence electrons. The lowest BCUT2D eigenvalue weighted by molar-refractivity contribution is 0.199. The summed E-state index contributed by atoms with van der Waals surface area (Å²) in [6, 6.07) is 10.2. The Morgan fingerprint density at radius 3 is 2.78 bits per heavy atom. The van der Waals surface area contributed by atoms with E-state index in [9.17, 15) is 0 Å². The minimum absolute atomic E-state index is 0.373. The maximum atomic E-state index is 9.00. The fourth-order valence-corrected chi connectivity index (χ4v) is 0.667. The third-order valence-electron chi connectivity index (χ3n) is 1.21. The normalized spacial score (nSPS) is 13.1. The highest BCUT2D eigenvalue weighted by Gasteiger charge is 1.95. The summed E-state index contributed by atoms with van der Waals surface area (Å²) in [6.45, 7) is 1.74. The summed E-state index contributed by atoms with van der Waals surface area (Å²) in [5.74, 6) is 0. The average Bonchev–Trinajstić information content (AvgIpc) is 1.90. The Morgan fingerprint density at radius 1 is 1.67 bits per heavy atom. The van der Waals surface area contributed by atoms with Crippen LogP contribution < -0.4 is 0 Å². The number of rotatable bonds is 1. The van der Waals surface area contributed by atoms with Crippen LogP contribution in [0, 0.1) is 6.07 Å². The lowest BCUT2D eigenvalue weighted by Gasteiger charge is -2.00. The molecule has 1 N–H and O–H groups in total. The van der Waals surface area contributed by atoms with E-state index in [1.807, 2.05) is 18.2 Å². The molecule has 0 aliphatic heterocycles. The van der Waals surface area contributed by atoms with Gasteiger partial charge >= 0.3 is 0 Å². The van der Waals surface area contributed by atoms with Crippen LogP contribution in [0.2, 0.25) is 0 Å². The molecule has 0 fully saturated rings.